The number of aliphatic hydroxyl groups excluding tert-OH is 1. The van der Waals surface area contributed by atoms with Crippen LogP contribution in [0, 0.1) is 5.92 Å². The molecule has 1 rings (SSSR count). The van der Waals surface area contributed by atoms with Gasteiger partial charge in [-0.1, -0.05) is 32.9 Å². The van der Waals surface area contributed by atoms with Crippen LogP contribution >= 0.6 is 0 Å². The molecule has 3 nitrogen and oxygen atoms in total. The summed E-state index contributed by atoms with van der Waals surface area (Å²) >= 11 is 0. The zero-order valence-corrected chi connectivity index (χ0v) is 11.6. The lowest BCUT2D eigenvalue weighted by atomic mass is 10.2. The van der Waals surface area contributed by atoms with E-state index in [0.717, 1.165) is 25.3 Å². The van der Waals surface area contributed by atoms with Crippen LogP contribution < -0.4 is 10.1 Å². The second-order valence-electron chi connectivity index (χ2n) is 5.04. The van der Waals surface area contributed by atoms with Gasteiger partial charge in [-0.25, -0.2) is 0 Å². The Bertz CT molecular complexity index is 322. The van der Waals surface area contributed by atoms with Crippen LogP contribution in [-0.4, -0.2) is 24.4 Å². The third-order valence-electron chi connectivity index (χ3n) is 2.72. The van der Waals surface area contributed by atoms with E-state index in [1.54, 1.807) is 0 Å². The summed E-state index contributed by atoms with van der Waals surface area (Å²) in [6.45, 7) is 8.61. The van der Waals surface area contributed by atoms with E-state index in [4.69, 9.17) is 4.74 Å². The highest BCUT2D eigenvalue weighted by Gasteiger charge is 2.02. The predicted octanol–water partition coefficient (Wildman–Crippen LogP) is 2.58. The molecule has 1 aromatic rings. The molecule has 0 radical (unpaired) electrons. The number of benzene rings is 1. The summed E-state index contributed by atoms with van der Waals surface area (Å²) in [5.74, 6) is 1.48. The van der Waals surface area contributed by atoms with Gasteiger partial charge in [-0.05, 0) is 36.6 Å². The molecular weight excluding hydrogens is 226 g/mol. The quantitative estimate of drug-likeness (QED) is 0.746. The SMILES string of the molecule is CCC(O)COc1ccc(CNCC(C)C)cc1. The summed E-state index contributed by atoms with van der Waals surface area (Å²) in [6.07, 6.45) is 0.342. The minimum Gasteiger partial charge on any atom is -0.491 e. The Labute approximate surface area is 110 Å². The maximum Gasteiger partial charge on any atom is 0.119 e. The van der Waals surface area contributed by atoms with Gasteiger partial charge in [-0.3, -0.25) is 0 Å². The lowest BCUT2D eigenvalue weighted by Crippen LogP contribution is -2.19. The van der Waals surface area contributed by atoms with E-state index in [1.165, 1.54) is 5.56 Å². The van der Waals surface area contributed by atoms with Gasteiger partial charge in [0.2, 0.25) is 0 Å². The van der Waals surface area contributed by atoms with Crippen LogP contribution in [0.3, 0.4) is 0 Å². The van der Waals surface area contributed by atoms with E-state index in [-0.39, 0.29) is 6.10 Å². The van der Waals surface area contributed by atoms with Crippen molar-refractivity contribution in [3.63, 3.8) is 0 Å². The zero-order chi connectivity index (χ0) is 13.4. The molecular formula is C15H25NO2. The van der Waals surface area contributed by atoms with Crippen molar-refractivity contribution < 1.29 is 9.84 Å². The van der Waals surface area contributed by atoms with Crippen LogP contribution in [0.4, 0.5) is 0 Å². The second kappa shape index (κ2) is 8.11. The molecule has 0 aliphatic rings. The van der Waals surface area contributed by atoms with E-state index in [0.29, 0.717) is 12.5 Å². The van der Waals surface area contributed by atoms with Crippen molar-refractivity contribution in [2.75, 3.05) is 13.2 Å². The molecule has 2 N–H and O–H groups in total. The Hall–Kier alpha value is -1.06. The molecule has 0 heterocycles. The van der Waals surface area contributed by atoms with Crippen LogP contribution in [0.15, 0.2) is 24.3 Å². The summed E-state index contributed by atoms with van der Waals surface area (Å²) < 4.78 is 5.49. The normalized spacial score (nSPS) is 12.7. The van der Waals surface area contributed by atoms with E-state index in [9.17, 15) is 5.11 Å². The Morgan fingerprint density at radius 2 is 1.89 bits per heavy atom. The molecule has 1 aromatic carbocycles. The maximum absolute atomic E-state index is 9.41. The first-order valence-corrected chi connectivity index (χ1v) is 6.72. The van der Waals surface area contributed by atoms with Gasteiger partial charge in [-0.2, -0.15) is 0 Å². The fraction of sp³-hybridized carbons (Fsp3) is 0.600. The maximum atomic E-state index is 9.41. The smallest absolute Gasteiger partial charge is 0.119 e. The van der Waals surface area contributed by atoms with Gasteiger partial charge < -0.3 is 15.2 Å². The molecule has 0 aliphatic carbocycles. The summed E-state index contributed by atoms with van der Waals surface area (Å²) in [5, 5.41) is 12.8. The Morgan fingerprint density at radius 3 is 2.44 bits per heavy atom. The first-order valence-electron chi connectivity index (χ1n) is 6.72. The van der Waals surface area contributed by atoms with Crippen LogP contribution in [0.2, 0.25) is 0 Å². The van der Waals surface area contributed by atoms with Crippen molar-refractivity contribution in [2.24, 2.45) is 5.92 Å². The largest absolute Gasteiger partial charge is 0.491 e. The molecule has 0 aliphatic heterocycles. The Morgan fingerprint density at radius 1 is 1.22 bits per heavy atom. The number of nitrogens with one attached hydrogen (secondary N) is 1. The lowest BCUT2D eigenvalue weighted by molar-refractivity contribution is 0.104. The third kappa shape index (κ3) is 6.03. The van der Waals surface area contributed by atoms with Crippen molar-refractivity contribution in [3.8, 4) is 5.75 Å². The average Bonchev–Trinajstić information content (AvgIpc) is 2.37. The monoisotopic (exact) mass is 251 g/mol. The third-order valence-corrected chi connectivity index (χ3v) is 2.72. The molecule has 0 saturated carbocycles. The summed E-state index contributed by atoms with van der Waals surface area (Å²) in [7, 11) is 0. The summed E-state index contributed by atoms with van der Waals surface area (Å²) in [6, 6.07) is 8.02. The van der Waals surface area contributed by atoms with Crippen molar-refractivity contribution in [1.29, 1.82) is 0 Å². The van der Waals surface area contributed by atoms with Gasteiger partial charge in [0, 0.05) is 6.54 Å². The van der Waals surface area contributed by atoms with Crippen LogP contribution in [0.25, 0.3) is 0 Å². The molecule has 0 amide bonds. The molecule has 0 saturated heterocycles. The topological polar surface area (TPSA) is 41.5 Å². The van der Waals surface area contributed by atoms with E-state index in [2.05, 4.69) is 31.3 Å². The van der Waals surface area contributed by atoms with Gasteiger partial charge in [0.1, 0.15) is 12.4 Å². The predicted molar refractivity (Wildman–Crippen MR) is 74.8 cm³/mol. The van der Waals surface area contributed by atoms with E-state index < -0.39 is 0 Å². The van der Waals surface area contributed by atoms with E-state index >= 15 is 0 Å². The minimum atomic E-state index is -0.377. The van der Waals surface area contributed by atoms with Crippen molar-refractivity contribution in [1.82, 2.24) is 5.32 Å². The van der Waals surface area contributed by atoms with Crippen LogP contribution in [0.1, 0.15) is 32.8 Å². The van der Waals surface area contributed by atoms with Crippen LogP contribution in [-0.2, 0) is 6.54 Å². The van der Waals surface area contributed by atoms with Gasteiger partial charge in [0.15, 0.2) is 0 Å². The van der Waals surface area contributed by atoms with Crippen molar-refractivity contribution >= 4 is 0 Å². The van der Waals surface area contributed by atoms with E-state index in [1.807, 2.05) is 19.1 Å². The van der Waals surface area contributed by atoms with Crippen molar-refractivity contribution in [3.05, 3.63) is 29.8 Å². The lowest BCUT2D eigenvalue weighted by Gasteiger charge is -2.11. The molecule has 0 spiro atoms. The Kier molecular flexibility index (Phi) is 6.76. The first-order chi connectivity index (χ1) is 8.61. The second-order valence-corrected chi connectivity index (χ2v) is 5.04. The van der Waals surface area contributed by atoms with Gasteiger partial charge in [-0.15, -0.1) is 0 Å². The highest BCUT2D eigenvalue weighted by molar-refractivity contribution is 5.27. The number of hydrogen-bond acceptors (Lipinski definition) is 3. The molecule has 0 fully saturated rings. The number of rotatable bonds is 8. The zero-order valence-electron chi connectivity index (χ0n) is 11.6. The number of hydrogen-bond donors (Lipinski definition) is 2. The van der Waals surface area contributed by atoms with Crippen LogP contribution in [0.5, 0.6) is 5.75 Å². The molecule has 1 unspecified atom stereocenters. The Balaban J connectivity index is 2.33. The summed E-state index contributed by atoms with van der Waals surface area (Å²) in [4.78, 5) is 0. The molecule has 18 heavy (non-hydrogen) atoms. The van der Waals surface area contributed by atoms with Gasteiger partial charge in [0.05, 0.1) is 6.10 Å². The molecule has 0 aromatic heterocycles. The van der Waals surface area contributed by atoms with Gasteiger partial charge >= 0.3 is 0 Å². The summed E-state index contributed by atoms with van der Waals surface area (Å²) in [5.41, 5.74) is 1.25. The molecule has 0 bridgehead atoms. The van der Waals surface area contributed by atoms with Crippen molar-refractivity contribution in [2.45, 2.75) is 39.8 Å². The standard InChI is InChI=1S/C15H25NO2/c1-4-14(17)11-18-15-7-5-13(6-8-15)10-16-9-12(2)3/h5-8,12,14,16-17H,4,9-11H2,1-3H3. The highest BCUT2D eigenvalue weighted by Crippen LogP contribution is 2.12. The molecule has 102 valence electrons. The number of aliphatic hydroxyl groups is 1. The average molecular weight is 251 g/mol. The van der Waals surface area contributed by atoms with Gasteiger partial charge in [0.25, 0.3) is 0 Å². The molecule has 3 heteroatoms. The highest BCUT2D eigenvalue weighted by atomic mass is 16.5. The first kappa shape index (κ1) is 15.0. The fourth-order valence-electron chi connectivity index (χ4n) is 1.52. The molecule has 1 atom stereocenters. The number of ether oxygens (including phenoxy) is 1. The fourth-order valence-corrected chi connectivity index (χ4v) is 1.52. The minimum absolute atomic E-state index is 0.363.